The molecule has 108 valence electrons. The van der Waals surface area contributed by atoms with Crippen LogP contribution in [0, 0.1) is 0 Å². The molecule has 0 aromatic carbocycles. The second-order valence-corrected chi connectivity index (χ2v) is 7.03. The summed E-state index contributed by atoms with van der Waals surface area (Å²) < 4.78 is 2.41. The first-order valence-electron chi connectivity index (χ1n) is 7.50. The van der Waals surface area contributed by atoms with E-state index in [1.54, 1.807) is 0 Å². The summed E-state index contributed by atoms with van der Waals surface area (Å²) in [6.07, 6.45) is 13.2. The third kappa shape index (κ3) is 2.86. The minimum absolute atomic E-state index is 0.460. The monoisotopic (exact) mass is 289 g/mol. The first-order valence-corrected chi connectivity index (χ1v) is 8.73. The Labute approximate surface area is 125 Å². The highest BCUT2D eigenvalue weighted by Crippen LogP contribution is 2.38. The molecule has 20 heavy (non-hydrogen) atoms. The first kappa shape index (κ1) is 14.0. The third-order valence-corrected chi connectivity index (χ3v) is 5.89. The van der Waals surface area contributed by atoms with Crippen molar-refractivity contribution in [3.8, 4) is 0 Å². The largest absolute Gasteiger partial charge is 0.311 e. The SMILES string of the molecule is CSC1(CNCc2cnn3ccccc23)CCCCC1. The molecule has 0 bridgehead atoms. The number of hydrogen-bond acceptors (Lipinski definition) is 3. The molecule has 0 saturated heterocycles. The Kier molecular flexibility index (Phi) is 4.32. The van der Waals surface area contributed by atoms with Crippen molar-refractivity contribution in [2.75, 3.05) is 12.8 Å². The van der Waals surface area contributed by atoms with E-state index in [1.807, 2.05) is 23.0 Å². The maximum Gasteiger partial charge on any atom is 0.0706 e. The zero-order valence-corrected chi connectivity index (χ0v) is 13.0. The normalized spacial score (nSPS) is 18.4. The van der Waals surface area contributed by atoms with Crippen LogP contribution in [0.3, 0.4) is 0 Å². The second-order valence-electron chi connectivity index (χ2n) is 5.75. The minimum atomic E-state index is 0.460. The van der Waals surface area contributed by atoms with Crippen LogP contribution in [-0.4, -0.2) is 27.2 Å². The van der Waals surface area contributed by atoms with E-state index in [2.05, 4.69) is 40.6 Å². The molecule has 0 unspecified atom stereocenters. The van der Waals surface area contributed by atoms with Crippen LogP contribution in [-0.2, 0) is 6.54 Å². The quantitative estimate of drug-likeness (QED) is 0.913. The summed E-state index contributed by atoms with van der Waals surface area (Å²) >= 11 is 2.05. The second kappa shape index (κ2) is 6.19. The van der Waals surface area contributed by atoms with Crippen LogP contribution in [0.2, 0.25) is 0 Å². The molecular weight excluding hydrogens is 266 g/mol. The topological polar surface area (TPSA) is 29.3 Å². The molecule has 1 saturated carbocycles. The Hall–Kier alpha value is -1.00. The van der Waals surface area contributed by atoms with Gasteiger partial charge in [-0.1, -0.05) is 25.3 Å². The third-order valence-electron chi connectivity index (χ3n) is 4.47. The van der Waals surface area contributed by atoms with Crippen molar-refractivity contribution in [2.24, 2.45) is 0 Å². The Morgan fingerprint density at radius 2 is 2.15 bits per heavy atom. The van der Waals surface area contributed by atoms with Gasteiger partial charge in [-0.05, 0) is 31.2 Å². The summed E-state index contributed by atoms with van der Waals surface area (Å²) in [4.78, 5) is 0. The van der Waals surface area contributed by atoms with Gasteiger partial charge in [0.25, 0.3) is 0 Å². The molecule has 0 aliphatic heterocycles. The van der Waals surface area contributed by atoms with Crippen molar-refractivity contribution in [3.63, 3.8) is 0 Å². The molecule has 0 amide bonds. The Morgan fingerprint density at radius 1 is 1.30 bits per heavy atom. The molecule has 2 aromatic rings. The van der Waals surface area contributed by atoms with Crippen molar-refractivity contribution < 1.29 is 0 Å². The van der Waals surface area contributed by atoms with E-state index in [0.29, 0.717) is 4.75 Å². The molecule has 1 fully saturated rings. The van der Waals surface area contributed by atoms with Gasteiger partial charge in [0, 0.05) is 29.6 Å². The highest BCUT2D eigenvalue weighted by Gasteiger charge is 2.30. The molecule has 1 N–H and O–H groups in total. The number of hydrogen-bond donors (Lipinski definition) is 1. The molecule has 1 aliphatic rings. The summed E-state index contributed by atoms with van der Waals surface area (Å²) in [5.41, 5.74) is 2.50. The molecule has 0 atom stereocenters. The zero-order valence-electron chi connectivity index (χ0n) is 12.1. The van der Waals surface area contributed by atoms with Crippen LogP contribution in [0.5, 0.6) is 0 Å². The van der Waals surface area contributed by atoms with Gasteiger partial charge in [-0.3, -0.25) is 0 Å². The van der Waals surface area contributed by atoms with Crippen molar-refractivity contribution in [1.82, 2.24) is 14.9 Å². The molecule has 3 nitrogen and oxygen atoms in total. The summed E-state index contributed by atoms with van der Waals surface area (Å²) in [6, 6.07) is 6.22. The van der Waals surface area contributed by atoms with Gasteiger partial charge in [0.2, 0.25) is 0 Å². The number of nitrogens with one attached hydrogen (secondary N) is 1. The summed E-state index contributed by atoms with van der Waals surface area (Å²) in [5, 5.41) is 8.06. The molecular formula is C16H23N3S. The van der Waals surface area contributed by atoms with Crippen LogP contribution < -0.4 is 5.32 Å². The molecule has 1 aliphatic carbocycles. The standard InChI is InChI=1S/C16H23N3S/c1-20-16(8-4-2-5-9-16)13-17-11-14-12-18-19-10-6-3-7-15(14)19/h3,6-7,10,12,17H,2,4-5,8-9,11,13H2,1H3. The van der Waals surface area contributed by atoms with E-state index in [9.17, 15) is 0 Å². The van der Waals surface area contributed by atoms with Gasteiger partial charge in [-0.15, -0.1) is 0 Å². The fourth-order valence-corrected chi connectivity index (χ4v) is 4.14. The Bertz CT molecular complexity index is 558. The maximum atomic E-state index is 4.39. The number of thioether (sulfide) groups is 1. The fourth-order valence-electron chi connectivity index (χ4n) is 3.20. The van der Waals surface area contributed by atoms with E-state index in [-0.39, 0.29) is 0 Å². The zero-order chi connectivity index (χ0) is 13.8. The van der Waals surface area contributed by atoms with Crippen LogP contribution in [0.15, 0.2) is 30.6 Å². The highest BCUT2D eigenvalue weighted by atomic mass is 32.2. The van der Waals surface area contributed by atoms with Crippen LogP contribution >= 0.6 is 11.8 Å². The lowest BCUT2D eigenvalue weighted by Gasteiger charge is -2.36. The van der Waals surface area contributed by atoms with Gasteiger partial charge in [0.05, 0.1) is 11.7 Å². The predicted octanol–water partition coefficient (Wildman–Crippen LogP) is 3.49. The number of nitrogens with zero attached hydrogens (tertiary/aromatic N) is 2. The first-order chi connectivity index (χ1) is 9.83. The number of fused-ring (bicyclic) bond motifs is 1. The number of rotatable bonds is 5. The molecule has 3 rings (SSSR count). The van der Waals surface area contributed by atoms with Crippen molar-refractivity contribution in [1.29, 1.82) is 0 Å². The molecule has 0 spiro atoms. The van der Waals surface area contributed by atoms with E-state index in [1.165, 1.54) is 43.2 Å². The number of aromatic nitrogens is 2. The molecule has 4 heteroatoms. The van der Waals surface area contributed by atoms with Crippen molar-refractivity contribution in [2.45, 2.75) is 43.4 Å². The molecule has 0 radical (unpaired) electrons. The molecule has 2 aromatic heterocycles. The lowest BCUT2D eigenvalue weighted by molar-refractivity contribution is 0.379. The highest BCUT2D eigenvalue weighted by molar-refractivity contribution is 8.00. The van der Waals surface area contributed by atoms with E-state index >= 15 is 0 Å². The van der Waals surface area contributed by atoms with Crippen LogP contribution in [0.1, 0.15) is 37.7 Å². The lowest BCUT2D eigenvalue weighted by atomic mass is 9.88. The van der Waals surface area contributed by atoms with Gasteiger partial charge in [-0.25, -0.2) is 4.52 Å². The Balaban J connectivity index is 1.62. The van der Waals surface area contributed by atoms with Gasteiger partial charge in [-0.2, -0.15) is 16.9 Å². The fraction of sp³-hybridized carbons (Fsp3) is 0.562. The van der Waals surface area contributed by atoms with Gasteiger partial charge >= 0.3 is 0 Å². The van der Waals surface area contributed by atoms with E-state index in [4.69, 9.17) is 0 Å². The molecule has 2 heterocycles. The summed E-state index contributed by atoms with van der Waals surface area (Å²) in [6.45, 7) is 2.02. The van der Waals surface area contributed by atoms with Gasteiger partial charge in [0.15, 0.2) is 0 Å². The van der Waals surface area contributed by atoms with Crippen LogP contribution in [0.25, 0.3) is 5.52 Å². The lowest BCUT2D eigenvalue weighted by Crippen LogP contribution is -2.39. The van der Waals surface area contributed by atoms with Crippen LogP contribution in [0.4, 0.5) is 0 Å². The van der Waals surface area contributed by atoms with E-state index in [0.717, 1.165) is 13.1 Å². The maximum absolute atomic E-state index is 4.39. The summed E-state index contributed by atoms with van der Waals surface area (Å²) in [7, 11) is 0. The average molecular weight is 289 g/mol. The Morgan fingerprint density at radius 3 is 2.95 bits per heavy atom. The smallest absolute Gasteiger partial charge is 0.0706 e. The van der Waals surface area contributed by atoms with Gasteiger partial charge < -0.3 is 5.32 Å². The van der Waals surface area contributed by atoms with Gasteiger partial charge in [0.1, 0.15) is 0 Å². The predicted molar refractivity (Wildman–Crippen MR) is 86.2 cm³/mol. The minimum Gasteiger partial charge on any atom is -0.311 e. The number of pyridine rings is 1. The van der Waals surface area contributed by atoms with Crippen molar-refractivity contribution in [3.05, 3.63) is 36.2 Å². The average Bonchev–Trinajstić information content (AvgIpc) is 2.92. The van der Waals surface area contributed by atoms with Crippen molar-refractivity contribution >= 4 is 17.3 Å². The van der Waals surface area contributed by atoms with E-state index < -0.39 is 0 Å². The summed E-state index contributed by atoms with van der Waals surface area (Å²) in [5.74, 6) is 0.